The van der Waals surface area contributed by atoms with Crippen LogP contribution in [0.5, 0.6) is 11.5 Å². The summed E-state index contributed by atoms with van der Waals surface area (Å²) in [6.07, 6.45) is 0.0668. The van der Waals surface area contributed by atoms with E-state index in [0.29, 0.717) is 48.8 Å². The molecule has 1 atom stereocenters. The number of amides is 1. The number of aliphatic hydroxyl groups excluding tert-OH is 1. The molecule has 2 aromatic rings. The number of nitrogens with zero attached hydrogens (tertiary/aromatic N) is 3. The summed E-state index contributed by atoms with van der Waals surface area (Å²) < 4.78 is 12.5. The highest BCUT2D eigenvalue weighted by atomic mass is 16.7. The summed E-state index contributed by atoms with van der Waals surface area (Å²) in [7, 11) is 0. The molecule has 7 nitrogen and oxygen atoms in total. The van der Waals surface area contributed by atoms with Crippen molar-refractivity contribution < 1.29 is 19.4 Å². The topological polar surface area (TPSA) is 76.8 Å². The van der Waals surface area contributed by atoms with Gasteiger partial charge in [-0.1, -0.05) is 6.92 Å². The van der Waals surface area contributed by atoms with Crippen molar-refractivity contribution >= 4 is 5.91 Å². The highest BCUT2D eigenvalue weighted by Crippen LogP contribution is 2.33. The lowest BCUT2D eigenvalue weighted by atomic mass is 10.1. The fourth-order valence-corrected chi connectivity index (χ4v) is 3.05. The molecule has 1 aromatic heterocycles. The summed E-state index contributed by atoms with van der Waals surface area (Å²) in [5.74, 6) is 1.23. The summed E-state index contributed by atoms with van der Waals surface area (Å²) in [6.45, 7) is 3.80. The van der Waals surface area contributed by atoms with Crippen molar-refractivity contribution in [3.05, 3.63) is 41.2 Å². The molecular weight excluding hydrogens is 310 g/mol. The third-order valence-corrected chi connectivity index (χ3v) is 4.45. The van der Waals surface area contributed by atoms with E-state index in [1.54, 1.807) is 23.1 Å². The average molecular weight is 329 g/mol. The Bertz CT molecular complexity index is 786. The van der Waals surface area contributed by atoms with E-state index < -0.39 is 6.10 Å². The molecular formula is C17H19N3O4. The minimum atomic E-state index is -0.555. The van der Waals surface area contributed by atoms with Crippen molar-refractivity contribution in [2.24, 2.45) is 0 Å². The maximum Gasteiger partial charge on any atom is 0.254 e. The lowest BCUT2D eigenvalue weighted by Gasteiger charge is -2.27. The Hall–Kier alpha value is -2.54. The number of benzene rings is 1. The van der Waals surface area contributed by atoms with Gasteiger partial charge in [0.2, 0.25) is 6.79 Å². The average Bonchev–Trinajstić information content (AvgIpc) is 3.25. The molecule has 0 saturated carbocycles. The van der Waals surface area contributed by atoms with Gasteiger partial charge in [-0.15, -0.1) is 0 Å². The number of carbonyl (C=O) groups excluding carboxylic acids is 1. The Morgan fingerprint density at radius 2 is 2.12 bits per heavy atom. The number of ether oxygens (including phenoxy) is 2. The van der Waals surface area contributed by atoms with Gasteiger partial charge < -0.3 is 19.5 Å². The Morgan fingerprint density at radius 1 is 1.29 bits per heavy atom. The van der Waals surface area contributed by atoms with Gasteiger partial charge in [-0.3, -0.25) is 9.48 Å². The molecule has 126 valence electrons. The van der Waals surface area contributed by atoms with Crippen LogP contribution in [-0.4, -0.2) is 39.0 Å². The molecule has 0 aliphatic carbocycles. The number of fused-ring (bicyclic) bond motifs is 2. The van der Waals surface area contributed by atoms with Crippen LogP contribution in [0.1, 0.15) is 41.2 Å². The van der Waals surface area contributed by atoms with Crippen LogP contribution < -0.4 is 9.47 Å². The minimum Gasteiger partial charge on any atom is -0.454 e. The van der Waals surface area contributed by atoms with Crippen molar-refractivity contribution in [1.29, 1.82) is 0 Å². The molecule has 0 bridgehead atoms. The molecule has 2 aliphatic rings. The third kappa shape index (κ3) is 2.50. The van der Waals surface area contributed by atoms with Crippen molar-refractivity contribution in [1.82, 2.24) is 14.7 Å². The summed E-state index contributed by atoms with van der Waals surface area (Å²) >= 11 is 0. The predicted octanol–water partition coefficient (Wildman–Crippen LogP) is 1.71. The quantitative estimate of drug-likeness (QED) is 0.928. The summed E-state index contributed by atoms with van der Waals surface area (Å²) in [4.78, 5) is 14.5. The van der Waals surface area contributed by atoms with Crippen molar-refractivity contribution in [2.75, 3.05) is 13.3 Å². The molecule has 0 spiro atoms. The summed E-state index contributed by atoms with van der Waals surface area (Å²) in [6, 6.07) is 7.13. The largest absolute Gasteiger partial charge is 0.454 e. The van der Waals surface area contributed by atoms with E-state index in [-0.39, 0.29) is 12.7 Å². The lowest BCUT2D eigenvalue weighted by molar-refractivity contribution is 0.0705. The zero-order valence-electron chi connectivity index (χ0n) is 13.4. The van der Waals surface area contributed by atoms with Gasteiger partial charge in [0.25, 0.3) is 5.91 Å². The van der Waals surface area contributed by atoms with Crippen LogP contribution in [0.15, 0.2) is 24.3 Å². The van der Waals surface area contributed by atoms with E-state index in [1.165, 1.54) is 0 Å². The van der Waals surface area contributed by atoms with Crippen molar-refractivity contribution in [3.8, 4) is 11.5 Å². The maximum atomic E-state index is 12.8. The predicted molar refractivity (Wildman–Crippen MR) is 84.8 cm³/mol. The zero-order valence-corrected chi connectivity index (χ0v) is 13.4. The molecule has 2 aliphatic heterocycles. The fourth-order valence-electron chi connectivity index (χ4n) is 3.05. The minimum absolute atomic E-state index is 0.0432. The molecule has 3 heterocycles. The molecule has 1 aromatic carbocycles. The first-order valence-electron chi connectivity index (χ1n) is 8.09. The molecule has 0 fully saturated rings. The number of hydrogen-bond donors (Lipinski definition) is 1. The van der Waals surface area contributed by atoms with Crippen LogP contribution in [0, 0.1) is 0 Å². The Labute approximate surface area is 139 Å². The van der Waals surface area contributed by atoms with Gasteiger partial charge in [0.05, 0.1) is 30.6 Å². The number of carbonyl (C=O) groups is 1. The van der Waals surface area contributed by atoms with Gasteiger partial charge in [0.1, 0.15) is 0 Å². The van der Waals surface area contributed by atoms with E-state index in [9.17, 15) is 9.90 Å². The van der Waals surface area contributed by atoms with Gasteiger partial charge in [0.15, 0.2) is 11.5 Å². The number of rotatable bonds is 3. The first-order chi connectivity index (χ1) is 11.7. The van der Waals surface area contributed by atoms with Crippen molar-refractivity contribution in [3.63, 3.8) is 0 Å². The SMILES string of the molecule is CC[C@H](O)c1cc2n(n1)CCN(C(=O)c1ccc3c(c1)OCO3)C2. The van der Waals surface area contributed by atoms with Gasteiger partial charge in [0, 0.05) is 12.1 Å². The summed E-state index contributed by atoms with van der Waals surface area (Å²) in [5, 5.41) is 14.4. The molecule has 1 N–H and O–H groups in total. The molecule has 7 heteroatoms. The molecule has 24 heavy (non-hydrogen) atoms. The number of aliphatic hydroxyl groups is 1. The molecule has 4 rings (SSSR count). The van der Waals surface area contributed by atoms with Crippen LogP contribution in [0.3, 0.4) is 0 Å². The van der Waals surface area contributed by atoms with Crippen molar-refractivity contribution in [2.45, 2.75) is 32.5 Å². The highest BCUT2D eigenvalue weighted by molar-refractivity contribution is 5.95. The Kier molecular flexibility index (Phi) is 3.65. The maximum absolute atomic E-state index is 12.8. The monoisotopic (exact) mass is 329 g/mol. The van der Waals surface area contributed by atoms with Crippen LogP contribution in [-0.2, 0) is 13.1 Å². The molecule has 0 radical (unpaired) electrons. The number of hydrogen-bond acceptors (Lipinski definition) is 5. The molecule has 0 unspecified atom stereocenters. The van der Waals surface area contributed by atoms with E-state index in [1.807, 2.05) is 17.7 Å². The van der Waals surface area contributed by atoms with E-state index in [0.717, 1.165) is 5.69 Å². The first kappa shape index (κ1) is 15.0. The van der Waals surface area contributed by atoms with Crippen LogP contribution in [0.25, 0.3) is 0 Å². The van der Waals surface area contributed by atoms with E-state index in [2.05, 4.69) is 5.10 Å². The van der Waals surface area contributed by atoms with E-state index in [4.69, 9.17) is 9.47 Å². The van der Waals surface area contributed by atoms with Crippen LogP contribution in [0.2, 0.25) is 0 Å². The second-order valence-electron chi connectivity index (χ2n) is 6.00. The van der Waals surface area contributed by atoms with Crippen LogP contribution >= 0.6 is 0 Å². The second kappa shape index (κ2) is 5.83. The summed E-state index contributed by atoms with van der Waals surface area (Å²) in [5.41, 5.74) is 2.20. The fraction of sp³-hybridized carbons (Fsp3) is 0.412. The smallest absolute Gasteiger partial charge is 0.254 e. The van der Waals surface area contributed by atoms with Gasteiger partial charge >= 0.3 is 0 Å². The third-order valence-electron chi connectivity index (χ3n) is 4.45. The zero-order chi connectivity index (χ0) is 16.7. The second-order valence-corrected chi connectivity index (χ2v) is 6.00. The Morgan fingerprint density at radius 3 is 2.96 bits per heavy atom. The molecule has 1 amide bonds. The van der Waals surface area contributed by atoms with Gasteiger partial charge in [-0.25, -0.2) is 0 Å². The van der Waals surface area contributed by atoms with E-state index >= 15 is 0 Å². The normalized spacial score (nSPS) is 16.8. The Balaban J connectivity index is 1.53. The van der Waals surface area contributed by atoms with Crippen LogP contribution in [0.4, 0.5) is 0 Å². The lowest BCUT2D eigenvalue weighted by Crippen LogP contribution is -2.38. The highest BCUT2D eigenvalue weighted by Gasteiger charge is 2.25. The number of aromatic nitrogens is 2. The van der Waals surface area contributed by atoms with Gasteiger partial charge in [-0.2, -0.15) is 5.10 Å². The molecule has 0 saturated heterocycles. The first-order valence-corrected chi connectivity index (χ1v) is 8.09. The standard InChI is InChI=1S/C17H19N3O4/c1-2-14(21)13-8-12-9-19(5-6-20(12)18-13)17(22)11-3-4-15-16(7-11)24-10-23-15/h3-4,7-8,14,21H,2,5-6,9-10H2,1H3/t14-/m0/s1. The van der Waals surface area contributed by atoms with Gasteiger partial charge in [-0.05, 0) is 30.7 Å².